The second-order valence-electron chi connectivity index (χ2n) is 6.87. The molecule has 0 saturated carbocycles. The molecule has 0 heterocycles. The Hall–Kier alpha value is -2.68. The van der Waals surface area contributed by atoms with E-state index in [9.17, 15) is 14.7 Å². The van der Waals surface area contributed by atoms with E-state index < -0.39 is 29.8 Å². The van der Waals surface area contributed by atoms with Crippen LogP contribution in [0.1, 0.15) is 27.2 Å². The van der Waals surface area contributed by atoms with E-state index in [1.165, 1.54) is 14.2 Å². The molecule has 0 spiro atoms. The Morgan fingerprint density at radius 3 is 2.29 bits per heavy atom. The van der Waals surface area contributed by atoms with E-state index in [1.807, 2.05) is 0 Å². The Bertz CT molecular complexity index is 656. The molecule has 0 aliphatic heterocycles. The number of alkyl carbamates (subject to hydrolysis) is 1. The molecule has 2 N–H and O–H groups in total. The van der Waals surface area contributed by atoms with Crippen LogP contribution in [0.5, 0.6) is 17.2 Å². The van der Waals surface area contributed by atoms with E-state index >= 15 is 0 Å². The third-order valence-corrected chi connectivity index (χ3v) is 3.58. The third-order valence-electron chi connectivity index (χ3n) is 3.58. The fourth-order valence-electron chi connectivity index (χ4n) is 2.26. The first kappa shape index (κ1) is 23.4. The number of hydrogen-bond donors (Lipinski definition) is 2. The maximum atomic E-state index is 12.0. The molecule has 9 nitrogen and oxygen atoms in total. The van der Waals surface area contributed by atoms with E-state index in [2.05, 4.69) is 10.1 Å². The topological polar surface area (TPSA) is 113 Å². The van der Waals surface area contributed by atoms with Gasteiger partial charge >= 0.3 is 12.1 Å². The number of ether oxygens (including phenoxy) is 5. The van der Waals surface area contributed by atoms with Crippen LogP contribution in [0.4, 0.5) is 4.79 Å². The molecule has 158 valence electrons. The molecule has 1 rings (SSSR count). The number of benzene rings is 1. The van der Waals surface area contributed by atoms with Gasteiger partial charge in [0.2, 0.25) is 0 Å². The highest BCUT2D eigenvalue weighted by Crippen LogP contribution is 2.30. The average Bonchev–Trinajstić information content (AvgIpc) is 2.64. The van der Waals surface area contributed by atoms with E-state index in [0.29, 0.717) is 17.2 Å². The lowest BCUT2D eigenvalue weighted by atomic mass is 10.1. The molecule has 0 unspecified atom stereocenters. The SMILES string of the molecule is COC(=O)[C@@H](O)[C@@H](CCOc1ccc(OC)c(OC)c1)NC(=O)OC(C)(C)C. The van der Waals surface area contributed by atoms with Crippen molar-refractivity contribution in [3.8, 4) is 17.2 Å². The zero-order valence-corrected chi connectivity index (χ0v) is 17.1. The minimum absolute atomic E-state index is 0.101. The number of nitrogens with one attached hydrogen (secondary N) is 1. The standard InChI is InChI=1S/C19H29NO8/c1-19(2,3)28-18(23)20-13(16(21)17(22)26-6)9-10-27-12-7-8-14(24-4)15(11-12)25-5/h7-8,11,13,16,21H,9-10H2,1-6H3,(H,20,23)/t13-,16+/m1/s1. The number of methoxy groups -OCH3 is 3. The van der Waals surface area contributed by atoms with Gasteiger partial charge in [-0.1, -0.05) is 0 Å². The summed E-state index contributed by atoms with van der Waals surface area (Å²) in [6, 6.07) is 4.07. The molecule has 0 aromatic heterocycles. The summed E-state index contributed by atoms with van der Waals surface area (Å²) in [4.78, 5) is 23.7. The number of aliphatic hydroxyl groups is 1. The van der Waals surface area contributed by atoms with Crippen LogP contribution in [0.25, 0.3) is 0 Å². The first-order valence-electron chi connectivity index (χ1n) is 8.71. The molecule has 0 aliphatic rings. The number of aliphatic hydroxyl groups excluding tert-OH is 1. The zero-order chi connectivity index (χ0) is 21.3. The van der Waals surface area contributed by atoms with Crippen molar-refractivity contribution < 1.29 is 38.4 Å². The summed E-state index contributed by atoms with van der Waals surface area (Å²) in [6.07, 6.45) is -2.19. The van der Waals surface area contributed by atoms with Gasteiger partial charge in [0.1, 0.15) is 11.4 Å². The molecule has 0 bridgehead atoms. The van der Waals surface area contributed by atoms with Gasteiger partial charge in [0, 0.05) is 12.5 Å². The Morgan fingerprint density at radius 1 is 1.11 bits per heavy atom. The number of carbonyl (C=O) groups is 2. The molecule has 9 heteroatoms. The Morgan fingerprint density at radius 2 is 1.75 bits per heavy atom. The van der Waals surface area contributed by atoms with E-state index in [0.717, 1.165) is 7.11 Å². The second-order valence-corrected chi connectivity index (χ2v) is 6.87. The zero-order valence-electron chi connectivity index (χ0n) is 17.1. The minimum atomic E-state index is -1.56. The maximum Gasteiger partial charge on any atom is 0.407 e. The molecule has 1 amide bonds. The van der Waals surface area contributed by atoms with E-state index in [-0.39, 0.29) is 13.0 Å². The van der Waals surface area contributed by atoms with Crippen LogP contribution in [0.2, 0.25) is 0 Å². The third kappa shape index (κ3) is 7.51. The molecule has 0 fully saturated rings. The lowest BCUT2D eigenvalue weighted by Gasteiger charge is -2.25. The van der Waals surface area contributed by atoms with Crippen LogP contribution in [0.3, 0.4) is 0 Å². The Balaban J connectivity index is 2.75. The molecule has 2 atom stereocenters. The van der Waals surface area contributed by atoms with Gasteiger partial charge in [0.25, 0.3) is 0 Å². The van der Waals surface area contributed by atoms with Gasteiger partial charge in [0.15, 0.2) is 17.6 Å². The smallest absolute Gasteiger partial charge is 0.407 e. The number of hydrogen-bond acceptors (Lipinski definition) is 8. The van der Waals surface area contributed by atoms with Crippen molar-refractivity contribution in [3.05, 3.63) is 18.2 Å². The summed E-state index contributed by atoms with van der Waals surface area (Å²) in [5.41, 5.74) is -0.721. The van der Waals surface area contributed by atoms with Crippen LogP contribution < -0.4 is 19.5 Å². The molecule has 0 saturated heterocycles. The summed E-state index contributed by atoms with van der Waals surface area (Å²) in [5, 5.41) is 12.6. The predicted octanol–water partition coefficient (Wildman–Crippen LogP) is 1.90. The van der Waals surface area contributed by atoms with Gasteiger partial charge < -0.3 is 34.1 Å². The van der Waals surface area contributed by atoms with Gasteiger partial charge in [-0.25, -0.2) is 9.59 Å². The Kier molecular flexibility index (Phi) is 8.84. The summed E-state index contributed by atoms with van der Waals surface area (Å²) in [7, 11) is 4.19. The first-order valence-corrected chi connectivity index (χ1v) is 8.71. The highest BCUT2D eigenvalue weighted by Gasteiger charge is 2.30. The maximum absolute atomic E-state index is 12.0. The van der Waals surface area contributed by atoms with Crippen molar-refractivity contribution >= 4 is 12.1 Å². The minimum Gasteiger partial charge on any atom is -0.493 e. The lowest BCUT2D eigenvalue weighted by Crippen LogP contribution is -2.49. The summed E-state index contributed by atoms with van der Waals surface area (Å²) < 4.78 is 25.7. The van der Waals surface area contributed by atoms with Crippen LogP contribution in [-0.4, -0.2) is 62.9 Å². The van der Waals surface area contributed by atoms with Gasteiger partial charge in [-0.3, -0.25) is 0 Å². The summed E-state index contributed by atoms with van der Waals surface area (Å²) in [6.45, 7) is 5.22. The lowest BCUT2D eigenvalue weighted by molar-refractivity contribution is -0.152. The predicted molar refractivity (Wildman–Crippen MR) is 101 cm³/mol. The number of carbonyl (C=O) groups excluding carboxylic acids is 2. The highest BCUT2D eigenvalue weighted by atomic mass is 16.6. The molecule has 0 aliphatic carbocycles. The monoisotopic (exact) mass is 399 g/mol. The van der Waals surface area contributed by atoms with Crippen LogP contribution >= 0.6 is 0 Å². The molecule has 0 radical (unpaired) electrons. The first-order chi connectivity index (χ1) is 13.1. The highest BCUT2D eigenvalue weighted by molar-refractivity contribution is 5.76. The number of esters is 1. The van der Waals surface area contributed by atoms with E-state index in [1.54, 1.807) is 39.0 Å². The quantitative estimate of drug-likeness (QED) is 0.606. The van der Waals surface area contributed by atoms with Gasteiger partial charge in [0.05, 0.1) is 34.0 Å². The van der Waals surface area contributed by atoms with Crippen molar-refractivity contribution in [2.45, 2.75) is 44.9 Å². The number of rotatable bonds is 9. The van der Waals surface area contributed by atoms with E-state index in [4.69, 9.17) is 18.9 Å². The van der Waals surface area contributed by atoms with Crippen molar-refractivity contribution in [3.63, 3.8) is 0 Å². The largest absolute Gasteiger partial charge is 0.493 e. The summed E-state index contributed by atoms with van der Waals surface area (Å²) in [5.74, 6) is 0.687. The second kappa shape index (κ2) is 10.6. The Labute approximate surface area is 164 Å². The van der Waals surface area contributed by atoms with Crippen molar-refractivity contribution in [1.29, 1.82) is 0 Å². The summed E-state index contributed by atoms with van der Waals surface area (Å²) >= 11 is 0. The molecular weight excluding hydrogens is 370 g/mol. The molecule has 28 heavy (non-hydrogen) atoms. The van der Waals surface area contributed by atoms with Crippen molar-refractivity contribution in [1.82, 2.24) is 5.32 Å². The number of amides is 1. The van der Waals surface area contributed by atoms with Gasteiger partial charge in [-0.05, 0) is 32.9 Å². The van der Waals surface area contributed by atoms with Gasteiger partial charge in [-0.15, -0.1) is 0 Å². The van der Waals surface area contributed by atoms with Crippen LogP contribution in [0.15, 0.2) is 18.2 Å². The van der Waals surface area contributed by atoms with Gasteiger partial charge in [-0.2, -0.15) is 0 Å². The van der Waals surface area contributed by atoms with Crippen LogP contribution in [-0.2, 0) is 14.3 Å². The van der Waals surface area contributed by atoms with Crippen molar-refractivity contribution in [2.75, 3.05) is 27.9 Å². The fraction of sp³-hybridized carbons (Fsp3) is 0.579. The fourth-order valence-corrected chi connectivity index (χ4v) is 2.26. The van der Waals surface area contributed by atoms with Crippen LogP contribution in [0, 0.1) is 0 Å². The normalized spacial score (nSPS) is 13.1. The molecule has 1 aromatic carbocycles. The molecular formula is C19H29NO8. The molecule has 1 aromatic rings. The average molecular weight is 399 g/mol. The van der Waals surface area contributed by atoms with Crippen molar-refractivity contribution in [2.24, 2.45) is 0 Å².